The quantitative estimate of drug-likeness (QED) is 0.534. The van der Waals surface area contributed by atoms with Gasteiger partial charge in [-0.3, -0.25) is 4.79 Å². The normalized spacial score (nSPS) is 11.5. The molecular weight excluding hydrogens is 376 g/mol. The molecule has 0 aliphatic carbocycles. The molecule has 0 saturated carbocycles. The average molecular weight is 391 g/mol. The fourth-order valence-electron chi connectivity index (χ4n) is 1.99. The van der Waals surface area contributed by atoms with Crippen LogP contribution in [0.4, 0.5) is 11.4 Å². The number of benzene rings is 2. The lowest BCUT2D eigenvalue weighted by Crippen LogP contribution is -2.15. The molecule has 4 N–H and O–H groups in total. The lowest BCUT2D eigenvalue weighted by Gasteiger charge is -2.08. The number of hydrogen-bond acceptors (Lipinski definition) is 5. The predicted molar refractivity (Wildman–Crippen MR) is 100.0 cm³/mol. The number of rotatable bonds is 5. The molecule has 0 heterocycles. The van der Waals surface area contributed by atoms with Gasteiger partial charge in [0, 0.05) is 22.6 Å². The van der Waals surface area contributed by atoms with E-state index in [1.54, 1.807) is 31.2 Å². The third-order valence-electron chi connectivity index (χ3n) is 3.45. The Morgan fingerprint density at radius 1 is 1.23 bits per heavy atom. The van der Waals surface area contributed by atoms with Crippen molar-refractivity contribution in [2.75, 3.05) is 10.6 Å². The summed E-state index contributed by atoms with van der Waals surface area (Å²) in [6, 6.07) is 12.3. The van der Waals surface area contributed by atoms with Gasteiger partial charge in [-0.1, -0.05) is 17.7 Å². The number of carbonyl (C=O) groups excluding carboxylic acids is 1. The Bertz CT molecular complexity index is 1010. The summed E-state index contributed by atoms with van der Waals surface area (Å²) < 4.78 is 22.4. The van der Waals surface area contributed by atoms with Crippen molar-refractivity contribution in [1.29, 1.82) is 5.26 Å². The van der Waals surface area contributed by atoms with Crippen LogP contribution in [0.25, 0.3) is 0 Å². The van der Waals surface area contributed by atoms with E-state index in [1.165, 1.54) is 30.5 Å². The number of hydrogen-bond donors (Lipinski definition) is 3. The van der Waals surface area contributed by atoms with E-state index < -0.39 is 15.9 Å². The summed E-state index contributed by atoms with van der Waals surface area (Å²) in [5.74, 6) is -0.650. The monoisotopic (exact) mass is 390 g/mol. The lowest BCUT2D eigenvalue weighted by atomic mass is 10.2. The largest absolute Gasteiger partial charge is 0.360 e. The average Bonchev–Trinajstić information content (AvgIpc) is 2.58. The van der Waals surface area contributed by atoms with Crippen molar-refractivity contribution >= 4 is 38.9 Å². The van der Waals surface area contributed by atoms with Gasteiger partial charge in [-0.05, 0) is 48.9 Å². The van der Waals surface area contributed by atoms with Crippen molar-refractivity contribution in [3.05, 3.63) is 64.8 Å². The van der Waals surface area contributed by atoms with Crippen LogP contribution >= 0.6 is 11.6 Å². The highest BCUT2D eigenvalue weighted by Gasteiger charge is 2.11. The third-order valence-corrected chi connectivity index (χ3v) is 4.78. The maximum Gasteiger partial charge on any atom is 0.267 e. The molecule has 26 heavy (non-hydrogen) atoms. The first-order chi connectivity index (χ1) is 12.2. The van der Waals surface area contributed by atoms with Crippen molar-refractivity contribution in [1.82, 2.24) is 0 Å². The summed E-state index contributed by atoms with van der Waals surface area (Å²) in [7, 11) is -3.81. The van der Waals surface area contributed by atoms with E-state index in [9.17, 15) is 18.5 Å². The molecule has 0 atom stereocenters. The van der Waals surface area contributed by atoms with Crippen LogP contribution in [0.2, 0.25) is 5.02 Å². The van der Waals surface area contributed by atoms with E-state index in [1.807, 2.05) is 0 Å². The maximum atomic E-state index is 12.2. The second-order valence-corrected chi connectivity index (χ2v) is 7.22. The topological polar surface area (TPSA) is 125 Å². The van der Waals surface area contributed by atoms with Crippen LogP contribution < -0.4 is 15.8 Å². The highest BCUT2D eigenvalue weighted by atomic mass is 35.5. The summed E-state index contributed by atoms with van der Waals surface area (Å²) in [6.45, 7) is 1.80. The van der Waals surface area contributed by atoms with E-state index in [0.29, 0.717) is 16.4 Å². The summed E-state index contributed by atoms with van der Waals surface area (Å²) in [5.41, 5.74) is 1.60. The molecule has 9 heteroatoms. The summed E-state index contributed by atoms with van der Waals surface area (Å²) in [4.78, 5) is 12.1. The van der Waals surface area contributed by atoms with Gasteiger partial charge in [-0.25, -0.2) is 13.6 Å². The van der Waals surface area contributed by atoms with Gasteiger partial charge >= 0.3 is 0 Å². The molecule has 0 aliphatic heterocycles. The van der Waals surface area contributed by atoms with Gasteiger partial charge in [0.1, 0.15) is 11.6 Å². The van der Waals surface area contributed by atoms with Crippen LogP contribution in [-0.2, 0) is 14.8 Å². The number of amides is 1. The number of nitrogens with two attached hydrogens (primary N) is 1. The molecule has 1 amide bonds. The Kier molecular flexibility index (Phi) is 6.00. The zero-order valence-corrected chi connectivity index (χ0v) is 15.2. The van der Waals surface area contributed by atoms with Crippen LogP contribution in [0.5, 0.6) is 0 Å². The van der Waals surface area contributed by atoms with Gasteiger partial charge in [0.25, 0.3) is 5.91 Å². The van der Waals surface area contributed by atoms with Crippen LogP contribution in [0.1, 0.15) is 5.56 Å². The predicted octanol–water partition coefficient (Wildman–Crippen LogP) is 2.75. The minimum Gasteiger partial charge on any atom is -0.360 e. The number of carbonyl (C=O) groups is 1. The van der Waals surface area contributed by atoms with Gasteiger partial charge in [-0.15, -0.1) is 0 Å². The number of nitrogens with one attached hydrogen (secondary N) is 2. The molecule has 0 spiro atoms. The summed E-state index contributed by atoms with van der Waals surface area (Å²) in [6.07, 6.45) is 1.27. The van der Waals surface area contributed by atoms with Crippen LogP contribution in [0.15, 0.2) is 59.1 Å². The van der Waals surface area contributed by atoms with E-state index in [4.69, 9.17) is 16.7 Å². The molecule has 0 unspecified atom stereocenters. The first-order valence-corrected chi connectivity index (χ1v) is 9.21. The molecule has 0 fully saturated rings. The van der Waals surface area contributed by atoms with Crippen molar-refractivity contribution in [2.45, 2.75) is 11.8 Å². The van der Waals surface area contributed by atoms with Crippen molar-refractivity contribution < 1.29 is 13.2 Å². The third kappa shape index (κ3) is 4.83. The van der Waals surface area contributed by atoms with Gasteiger partial charge in [-0.2, -0.15) is 5.26 Å². The Labute approximate surface area is 156 Å². The first-order valence-electron chi connectivity index (χ1n) is 7.28. The molecule has 2 aromatic rings. The van der Waals surface area contributed by atoms with Crippen LogP contribution in [0.3, 0.4) is 0 Å². The molecule has 0 aromatic heterocycles. The first kappa shape index (κ1) is 19.5. The Morgan fingerprint density at radius 3 is 2.46 bits per heavy atom. The number of anilines is 2. The second kappa shape index (κ2) is 8.01. The number of primary sulfonamides is 1. The Hall–Kier alpha value is -2.86. The van der Waals surface area contributed by atoms with Crippen molar-refractivity contribution in [2.24, 2.45) is 5.14 Å². The highest BCUT2D eigenvalue weighted by Crippen LogP contribution is 2.23. The maximum absolute atomic E-state index is 12.2. The van der Waals surface area contributed by atoms with Gasteiger partial charge in [0.15, 0.2) is 0 Å². The second-order valence-electron chi connectivity index (χ2n) is 5.25. The smallest absolute Gasteiger partial charge is 0.267 e. The van der Waals surface area contributed by atoms with Crippen LogP contribution in [0, 0.1) is 18.3 Å². The molecular formula is C17H15ClN4O3S. The van der Waals surface area contributed by atoms with Crippen molar-refractivity contribution in [3.63, 3.8) is 0 Å². The van der Waals surface area contributed by atoms with E-state index in [-0.39, 0.29) is 10.5 Å². The zero-order valence-electron chi connectivity index (χ0n) is 13.7. The Morgan fingerprint density at radius 2 is 1.88 bits per heavy atom. The highest BCUT2D eigenvalue weighted by molar-refractivity contribution is 7.89. The molecule has 0 radical (unpaired) electrons. The van der Waals surface area contributed by atoms with Gasteiger partial charge in [0.2, 0.25) is 10.0 Å². The molecule has 7 nitrogen and oxygen atoms in total. The molecule has 0 bridgehead atoms. The standard InChI is InChI=1S/C17H15ClN4O3S/c1-11-15(18)3-2-4-16(11)21-10-12(9-19)17(23)22-13-5-7-14(8-6-13)26(20,24)25/h2-8,10,21H,1H3,(H,22,23)(H2,20,24,25)/b12-10-. The number of halogens is 1. The fraction of sp³-hybridized carbons (Fsp3) is 0.0588. The van der Waals surface area contributed by atoms with Gasteiger partial charge < -0.3 is 10.6 Å². The molecule has 2 rings (SSSR count). The molecule has 0 aliphatic rings. The number of nitriles is 1. The van der Waals surface area contributed by atoms with E-state index >= 15 is 0 Å². The molecule has 2 aromatic carbocycles. The molecule has 134 valence electrons. The fourth-order valence-corrected chi connectivity index (χ4v) is 2.68. The van der Waals surface area contributed by atoms with E-state index in [2.05, 4.69) is 10.6 Å². The lowest BCUT2D eigenvalue weighted by molar-refractivity contribution is -0.112. The minimum absolute atomic E-state index is 0.0790. The SMILES string of the molecule is Cc1c(Cl)cccc1N/C=C(/C#N)C(=O)Nc1ccc(S(N)(=O)=O)cc1. The molecule has 0 saturated heterocycles. The number of nitrogens with zero attached hydrogens (tertiary/aromatic N) is 1. The van der Waals surface area contributed by atoms with E-state index in [0.717, 1.165) is 5.56 Å². The summed E-state index contributed by atoms with van der Waals surface area (Å²) >= 11 is 6.02. The zero-order chi connectivity index (χ0) is 19.3. The minimum atomic E-state index is -3.81. The van der Waals surface area contributed by atoms with Crippen molar-refractivity contribution in [3.8, 4) is 6.07 Å². The Balaban J connectivity index is 2.13. The van der Waals surface area contributed by atoms with Gasteiger partial charge in [0.05, 0.1) is 4.90 Å². The number of sulfonamides is 1. The van der Waals surface area contributed by atoms with Crippen LogP contribution in [-0.4, -0.2) is 14.3 Å². The summed E-state index contributed by atoms with van der Waals surface area (Å²) in [5, 5.41) is 20.1.